The maximum atomic E-state index is 13.2. The van der Waals surface area contributed by atoms with Crippen molar-refractivity contribution in [1.29, 1.82) is 0 Å². The summed E-state index contributed by atoms with van der Waals surface area (Å²) < 4.78 is 15.8. The quantitative estimate of drug-likeness (QED) is 0.595. The van der Waals surface area contributed by atoms with Crippen molar-refractivity contribution in [1.82, 2.24) is 0 Å². The molecule has 2 heterocycles. The number of esters is 3. The van der Waals surface area contributed by atoms with E-state index in [0.29, 0.717) is 11.3 Å². The Morgan fingerprint density at radius 3 is 2.54 bits per heavy atom. The minimum absolute atomic E-state index is 0.0581. The number of para-hydroxylation sites is 1. The predicted molar refractivity (Wildman–Crippen MR) is 99.6 cm³/mol. The van der Waals surface area contributed by atoms with E-state index in [2.05, 4.69) is 5.32 Å². The highest BCUT2D eigenvalue weighted by atomic mass is 16.6. The zero-order chi connectivity index (χ0) is 20.6. The van der Waals surface area contributed by atoms with Gasteiger partial charge in [0.2, 0.25) is 0 Å². The first kappa shape index (κ1) is 19.5. The van der Waals surface area contributed by atoms with Crippen LogP contribution in [-0.2, 0) is 34.0 Å². The van der Waals surface area contributed by atoms with E-state index >= 15 is 0 Å². The lowest BCUT2D eigenvalue weighted by atomic mass is 9.67. The molecule has 0 unspecified atom stereocenters. The second-order valence-electron chi connectivity index (χ2n) is 6.70. The Bertz CT molecular complexity index is 930. The number of benzene rings is 1. The Balaban J connectivity index is 2.35. The lowest BCUT2D eigenvalue weighted by Crippen LogP contribution is -2.48. The summed E-state index contributed by atoms with van der Waals surface area (Å²) in [5.74, 6) is -2.41. The van der Waals surface area contributed by atoms with Crippen molar-refractivity contribution in [2.75, 3.05) is 11.9 Å². The molecule has 0 saturated carbocycles. The predicted octanol–water partition coefficient (Wildman–Crippen LogP) is 1.87. The molecule has 3 N–H and O–H groups in total. The SMILES string of the molecule is CCOC(=O)C1=C(C)OC(=O)[C@]12C(C(=O)OC(C)C)=C(N)Nc1ccccc12. The maximum Gasteiger partial charge on any atom is 0.339 e. The molecule has 0 aromatic heterocycles. The minimum Gasteiger partial charge on any atom is -0.462 e. The molecular formula is C20H22N2O6. The monoisotopic (exact) mass is 386 g/mol. The first-order chi connectivity index (χ1) is 13.2. The van der Waals surface area contributed by atoms with Gasteiger partial charge < -0.3 is 25.3 Å². The average Bonchev–Trinajstić information content (AvgIpc) is 2.85. The number of carbonyl (C=O) groups is 3. The molecular weight excluding hydrogens is 364 g/mol. The van der Waals surface area contributed by atoms with Gasteiger partial charge >= 0.3 is 17.9 Å². The summed E-state index contributed by atoms with van der Waals surface area (Å²) >= 11 is 0. The number of allylic oxidation sites excluding steroid dienone is 1. The molecule has 2 aliphatic rings. The van der Waals surface area contributed by atoms with Crippen molar-refractivity contribution in [3.05, 3.63) is 52.6 Å². The highest BCUT2D eigenvalue weighted by Crippen LogP contribution is 2.52. The first-order valence-corrected chi connectivity index (χ1v) is 8.93. The largest absolute Gasteiger partial charge is 0.462 e. The number of anilines is 1. The molecule has 0 bridgehead atoms. The summed E-state index contributed by atoms with van der Waals surface area (Å²) in [6.45, 7) is 6.56. The van der Waals surface area contributed by atoms with E-state index in [0.717, 1.165) is 0 Å². The second kappa shape index (κ2) is 7.03. The van der Waals surface area contributed by atoms with Gasteiger partial charge in [-0.25, -0.2) is 14.4 Å². The third kappa shape index (κ3) is 2.72. The van der Waals surface area contributed by atoms with Crippen LogP contribution in [0.25, 0.3) is 0 Å². The highest BCUT2D eigenvalue weighted by molar-refractivity contribution is 6.15. The molecule has 1 aromatic rings. The van der Waals surface area contributed by atoms with Gasteiger partial charge in [0.25, 0.3) is 0 Å². The summed E-state index contributed by atoms with van der Waals surface area (Å²) in [5, 5.41) is 2.92. The molecule has 0 aliphatic carbocycles. The number of fused-ring (bicyclic) bond motifs is 2. The van der Waals surface area contributed by atoms with Gasteiger partial charge in [0.15, 0.2) is 5.41 Å². The van der Waals surface area contributed by atoms with Gasteiger partial charge in [-0.05, 0) is 33.8 Å². The molecule has 0 fully saturated rings. The molecule has 1 atom stereocenters. The summed E-state index contributed by atoms with van der Waals surface area (Å²) in [6.07, 6.45) is -0.462. The number of hydrogen-bond donors (Lipinski definition) is 2. The van der Waals surface area contributed by atoms with Crippen molar-refractivity contribution in [3.63, 3.8) is 0 Å². The van der Waals surface area contributed by atoms with Crippen LogP contribution in [0.2, 0.25) is 0 Å². The molecule has 28 heavy (non-hydrogen) atoms. The molecule has 0 radical (unpaired) electrons. The Morgan fingerprint density at radius 1 is 1.21 bits per heavy atom. The summed E-state index contributed by atoms with van der Waals surface area (Å²) in [6, 6.07) is 6.76. The Morgan fingerprint density at radius 2 is 1.89 bits per heavy atom. The van der Waals surface area contributed by atoms with Gasteiger partial charge in [-0.2, -0.15) is 0 Å². The van der Waals surface area contributed by atoms with Crippen LogP contribution in [0.3, 0.4) is 0 Å². The van der Waals surface area contributed by atoms with E-state index < -0.39 is 29.4 Å². The summed E-state index contributed by atoms with van der Waals surface area (Å²) in [4.78, 5) is 39.0. The Hall–Kier alpha value is -3.29. The van der Waals surface area contributed by atoms with Gasteiger partial charge in [-0.3, -0.25) is 0 Å². The van der Waals surface area contributed by atoms with Crippen LogP contribution in [-0.4, -0.2) is 30.6 Å². The van der Waals surface area contributed by atoms with Gasteiger partial charge in [-0.1, -0.05) is 18.2 Å². The maximum absolute atomic E-state index is 13.2. The minimum atomic E-state index is -1.87. The molecule has 0 amide bonds. The zero-order valence-electron chi connectivity index (χ0n) is 16.1. The molecule has 8 nitrogen and oxygen atoms in total. The number of nitrogens with one attached hydrogen (secondary N) is 1. The van der Waals surface area contributed by atoms with E-state index in [-0.39, 0.29) is 29.3 Å². The molecule has 3 rings (SSSR count). The van der Waals surface area contributed by atoms with Crippen molar-refractivity contribution < 1.29 is 28.6 Å². The van der Waals surface area contributed by atoms with E-state index in [1.807, 2.05) is 0 Å². The van der Waals surface area contributed by atoms with Crippen LogP contribution in [0.1, 0.15) is 33.3 Å². The van der Waals surface area contributed by atoms with Crippen LogP contribution in [0.4, 0.5) is 5.69 Å². The Labute approximate surface area is 162 Å². The van der Waals surface area contributed by atoms with Crippen LogP contribution < -0.4 is 11.1 Å². The van der Waals surface area contributed by atoms with Gasteiger partial charge in [0.05, 0.1) is 12.7 Å². The van der Waals surface area contributed by atoms with Crippen LogP contribution in [0.5, 0.6) is 0 Å². The van der Waals surface area contributed by atoms with Crippen LogP contribution >= 0.6 is 0 Å². The zero-order valence-corrected chi connectivity index (χ0v) is 16.1. The number of rotatable bonds is 4. The van der Waals surface area contributed by atoms with Crippen LogP contribution in [0, 0.1) is 0 Å². The number of carbonyl (C=O) groups excluding carboxylic acids is 3. The molecule has 2 aliphatic heterocycles. The van der Waals surface area contributed by atoms with Crippen molar-refractivity contribution in [2.24, 2.45) is 5.73 Å². The summed E-state index contributed by atoms with van der Waals surface area (Å²) in [7, 11) is 0. The lowest BCUT2D eigenvalue weighted by molar-refractivity contribution is -0.149. The van der Waals surface area contributed by atoms with Crippen LogP contribution in [0.15, 0.2) is 47.0 Å². The molecule has 1 aromatic carbocycles. The highest BCUT2D eigenvalue weighted by Gasteiger charge is 2.62. The van der Waals surface area contributed by atoms with Gasteiger partial charge in [-0.15, -0.1) is 0 Å². The van der Waals surface area contributed by atoms with E-state index in [1.165, 1.54) is 6.92 Å². The van der Waals surface area contributed by atoms with Gasteiger partial charge in [0.1, 0.15) is 22.7 Å². The smallest absolute Gasteiger partial charge is 0.339 e. The molecule has 148 valence electrons. The summed E-state index contributed by atoms with van der Waals surface area (Å²) in [5.41, 5.74) is 4.87. The third-order valence-corrected chi connectivity index (χ3v) is 4.55. The van der Waals surface area contributed by atoms with E-state index in [4.69, 9.17) is 19.9 Å². The third-order valence-electron chi connectivity index (χ3n) is 4.55. The molecule has 8 heteroatoms. The fraction of sp³-hybridized carbons (Fsp3) is 0.350. The number of cyclic esters (lactones) is 1. The van der Waals surface area contributed by atoms with Crippen molar-refractivity contribution in [2.45, 2.75) is 39.2 Å². The standard InChI is InChI=1S/C20H22N2O6/c1-5-26-17(23)14-11(4)28-19(25)20(14)12-8-6-7-9-13(12)22-16(21)15(20)18(24)27-10(2)3/h6-10,22H,5,21H2,1-4H3/t20-/m0/s1. The fourth-order valence-corrected chi connectivity index (χ4v) is 3.60. The molecule has 0 saturated heterocycles. The topological polar surface area (TPSA) is 117 Å². The second-order valence-corrected chi connectivity index (χ2v) is 6.70. The van der Waals surface area contributed by atoms with E-state index in [1.54, 1.807) is 45.0 Å². The normalized spacial score (nSPS) is 20.8. The van der Waals surface area contributed by atoms with Crippen molar-refractivity contribution in [3.8, 4) is 0 Å². The fourth-order valence-electron chi connectivity index (χ4n) is 3.60. The average molecular weight is 386 g/mol. The van der Waals surface area contributed by atoms with Crippen molar-refractivity contribution >= 4 is 23.6 Å². The number of nitrogens with two attached hydrogens (primary N) is 1. The lowest BCUT2D eigenvalue weighted by Gasteiger charge is -2.36. The Kier molecular flexibility index (Phi) is 4.89. The van der Waals surface area contributed by atoms with E-state index in [9.17, 15) is 14.4 Å². The first-order valence-electron chi connectivity index (χ1n) is 8.93. The molecule has 1 spiro atoms. The van der Waals surface area contributed by atoms with Gasteiger partial charge in [0, 0.05) is 11.3 Å². The number of hydrogen-bond acceptors (Lipinski definition) is 8. The number of ether oxygens (including phenoxy) is 3.